The first kappa shape index (κ1) is 22.7. The molecule has 1 unspecified atom stereocenters. The van der Waals surface area contributed by atoms with Gasteiger partial charge in [-0.25, -0.2) is 4.79 Å². The molecule has 5 aliphatic carbocycles. The lowest BCUT2D eigenvalue weighted by Crippen LogP contribution is -2.74. The topological polar surface area (TPSA) is 68.2 Å². The van der Waals surface area contributed by atoms with E-state index in [-0.39, 0.29) is 53.4 Å². The number of nitrogens with zero attached hydrogens (tertiary/aromatic N) is 1. The summed E-state index contributed by atoms with van der Waals surface area (Å²) in [6.45, 7) is 4.44. The summed E-state index contributed by atoms with van der Waals surface area (Å²) >= 11 is 0. The van der Waals surface area contributed by atoms with Crippen molar-refractivity contribution in [1.82, 2.24) is 4.90 Å². The quantitative estimate of drug-likeness (QED) is 0.651. The van der Waals surface area contributed by atoms with Crippen molar-refractivity contribution in [3.05, 3.63) is 35.9 Å². The van der Waals surface area contributed by atoms with Gasteiger partial charge in [0.15, 0.2) is 0 Å². The zero-order valence-corrected chi connectivity index (χ0v) is 21.1. The Bertz CT molecular complexity index is 1000. The van der Waals surface area contributed by atoms with E-state index < -0.39 is 5.60 Å². The van der Waals surface area contributed by atoms with Crippen molar-refractivity contribution in [3.8, 4) is 0 Å². The fourth-order valence-electron chi connectivity index (χ4n) is 10.9. The molecule has 7 bridgehead atoms. The largest absolute Gasteiger partial charge is 0.458 e. The molecular formula is C29H39NO5. The molecule has 5 saturated carbocycles. The van der Waals surface area contributed by atoms with Gasteiger partial charge in [0.2, 0.25) is 0 Å². The zero-order valence-electron chi connectivity index (χ0n) is 21.1. The van der Waals surface area contributed by atoms with Crippen LogP contribution in [0.2, 0.25) is 0 Å². The van der Waals surface area contributed by atoms with Crippen LogP contribution in [-0.4, -0.2) is 73.2 Å². The number of piperidine rings is 1. The Labute approximate surface area is 208 Å². The average Bonchev–Trinajstić information content (AvgIpc) is 3.31. The number of methoxy groups -OCH3 is 2. The molecule has 1 aromatic carbocycles. The lowest BCUT2D eigenvalue weighted by molar-refractivity contribution is -0.259. The van der Waals surface area contributed by atoms with Gasteiger partial charge >= 0.3 is 5.97 Å². The van der Waals surface area contributed by atoms with Gasteiger partial charge in [0, 0.05) is 56.4 Å². The van der Waals surface area contributed by atoms with Crippen molar-refractivity contribution in [2.24, 2.45) is 40.9 Å². The SMILES string of the molecule is CCN1C[C@@H]2CC[C@H](OC)[C@]34C1[C@H](C[C@H]23)[C@@]1(O)C[C@H](OC)[C@H]2C[C@@H]4[C@@H]1[C@H]2OC(=O)c1ccccc1. The molecule has 7 rings (SSSR count). The van der Waals surface area contributed by atoms with E-state index in [0.717, 1.165) is 32.4 Å². The van der Waals surface area contributed by atoms with Crippen molar-refractivity contribution in [2.45, 2.75) is 69.0 Å². The van der Waals surface area contributed by atoms with Crippen LogP contribution in [0.3, 0.4) is 0 Å². The van der Waals surface area contributed by atoms with Crippen LogP contribution in [0.4, 0.5) is 0 Å². The number of hydrogen-bond acceptors (Lipinski definition) is 6. The van der Waals surface area contributed by atoms with Crippen LogP contribution in [0.25, 0.3) is 0 Å². The van der Waals surface area contributed by atoms with Gasteiger partial charge in [-0.15, -0.1) is 0 Å². The van der Waals surface area contributed by atoms with Crippen LogP contribution in [0.5, 0.6) is 0 Å². The molecule has 1 spiro atoms. The van der Waals surface area contributed by atoms with Crippen molar-refractivity contribution in [3.63, 3.8) is 0 Å². The van der Waals surface area contributed by atoms with Crippen LogP contribution < -0.4 is 0 Å². The summed E-state index contributed by atoms with van der Waals surface area (Å²) in [5, 5.41) is 12.7. The fraction of sp³-hybridized carbons (Fsp3) is 0.759. The van der Waals surface area contributed by atoms with Gasteiger partial charge in [-0.05, 0) is 62.1 Å². The van der Waals surface area contributed by atoms with Gasteiger partial charge in [0.1, 0.15) is 6.10 Å². The number of hydrogen-bond donors (Lipinski definition) is 1. The summed E-state index contributed by atoms with van der Waals surface area (Å²) in [6.07, 6.45) is 4.77. The van der Waals surface area contributed by atoms with Crippen molar-refractivity contribution >= 4 is 5.97 Å². The smallest absolute Gasteiger partial charge is 0.338 e. The number of carbonyl (C=O) groups excluding carboxylic acids is 1. The van der Waals surface area contributed by atoms with Gasteiger partial charge in [-0.2, -0.15) is 0 Å². The predicted octanol–water partition coefficient (Wildman–Crippen LogP) is 3.38. The number of ether oxygens (including phenoxy) is 3. The molecule has 1 aromatic rings. The number of rotatable bonds is 5. The Morgan fingerprint density at radius 2 is 1.89 bits per heavy atom. The van der Waals surface area contributed by atoms with E-state index in [9.17, 15) is 9.90 Å². The fourth-order valence-corrected chi connectivity index (χ4v) is 10.9. The molecule has 1 aliphatic heterocycles. The lowest BCUT2D eigenvalue weighted by atomic mass is 9.46. The van der Waals surface area contributed by atoms with Crippen molar-refractivity contribution < 1.29 is 24.1 Å². The molecule has 6 fully saturated rings. The first-order valence-corrected chi connectivity index (χ1v) is 13.8. The maximum absolute atomic E-state index is 13.3. The molecule has 0 amide bonds. The van der Waals surface area contributed by atoms with Gasteiger partial charge in [-0.1, -0.05) is 25.1 Å². The Hall–Kier alpha value is -1.47. The minimum atomic E-state index is -0.881. The number of likely N-dealkylation sites (tertiary alicyclic amines) is 1. The monoisotopic (exact) mass is 481 g/mol. The number of benzene rings is 1. The first-order chi connectivity index (χ1) is 17.0. The van der Waals surface area contributed by atoms with Crippen molar-refractivity contribution in [2.75, 3.05) is 27.3 Å². The highest BCUT2D eigenvalue weighted by Gasteiger charge is 2.82. The molecule has 6 heteroatoms. The predicted molar refractivity (Wildman–Crippen MR) is 130 cm³/mol. The molecule has 12 atom stereocenters. The highest BCUT2D eigenvalue weighted by atomic mass is 16.6. The van der Waals surface area contributed by atoms with Crippen LogP contribution in [0.15, 0.2) is 30.3 Å². The number of aliphatic hydroxyl groups is 1. The summed E-state index contributed by atoms with van der Waals surface area (Å²) in [5.74, 6) is 1.50. The number of esters is 1. The molecule has 1 saturated heterocycles. The zero-order chi connectivity index (χ0) is 24.1. The number of carbonyl (C=O) groups is 1. The molecule has 1 N–H and O–H groups in total. The highest BCUT2D eigenvalue weighted by molar-refractivity contribution is 5.89. The molecule has 6 nitrogen and oxygen atoms in total. The van der Waals surface area contributed by atoms with Gasteiger partial charge < -0.3 is 19.3 Å². The van der Waals surface area contributed by atoms with E-state index >= 15 is 0 Å². The molecule has 190 valence electrons. The second kappa shape index (κ2) is 7.77. The maximum atomic E-state index is 13.3. The molecule has 1 heterocycles. The summed E-state index contributed by atoms with van der Waals surface area (Å²) in [6, 6.07) is 9.62. The minimum absolute atomic E-state index is 0.0300. The summed E-state index contributed by atoms with van der Waals surface area (Å²) in [4.78, 5) is 16.0. The first-order valence-electron chi connectivity index (χ1n) is 13.8. The standard InChI is InChI=1S/C29H39NO5/c1-4-30-15-17-10-11-23(34-3)29-19(17)13-21(26(29)30)28(32)14-22(33-2)18-12-20(29)24(28)25(18)35-27(31)16-8-6-5-7-9-16/h5-9,17-26,32H,4,10-15H2,1-3H3/t17-,18+,19+,20+,21-,22-,23-,24+,25-,26?,28-,29-/m0/s1. The average molecular weight is 482 g/mol. The van der Waals surface area contributed by atoms with Gasteiger partial charge in [0.05, 0.1) is 23.4 Å². The molecule has 6 aliphatic rings. The molecule has 0 radical (unpaired) electrons. The van der Waals surface area contributed by atoms with Crippen LogP contribution in [0.1, 0.15) is 49.4 Å². The molecule has 0 aromatic heterocycles. The van der Waals surface area contributed by atoms with E-state index in [0.29, 0.717) is 29.9 Å². The van der Waals surface area contributed by atoms with Gasteiger partial charge in [-0.3, -0.25) is 4.90 Å². The van der Waals surface area contributed by atoms with Crippen LogP contribution >= 0.6 is 0 Å². The Balaban J connectivity index is 1.36. The van der Waals surface area contributed by atoms with E-state index in [2.05, 4.69) is 11.8 Å². The van der Waals surface area contributed by atoms with E-state index in [4.69, 9.17) is 14.2 Å². The lowest BCUT2D eigenvalue weighted by Gasteiger charge is -2.67. The Morgan fingerprint density at radius 1 is 1.09 bits per heavy atom. The van der Waals surface area contributed by atoms with Crippen LogP contribution in [-0.2, 0) is 14.2 Å². The summed E-state index contributed by atoms with van der Waals surface area (Å²) in [5.41, 5.74) is -0.276. The van der Waals surface area contributed by atoms with Gasteiger partial charge in [0.25, 0.3) is 0 Å². The Kier molecular flexibility index (Phi) is 5.04. The summed E-state index contributed by atoms with van der Waals surface area (Å²) < 4.78 is 18.8. The third kappa shape index (κ3) is 2.67. The Morgan fingerprint density at radius 3 is 2.60 bits per heavy atom. The van der Waals surface area contributed by atoms with E-state index in [1.165, 1.54) is 6.42 Å². The highest BCUT2D eigenvalue weighted by Crippen LogP contribution is 2.77. The van der Waals surface area contributed by atoms with Crippen LogP contribution in [0, 0.1) is 40.9 Å². The second-order valence-corrected chi connectivity index (χ2v) is 12.3. The summed E-state index contributed by atoms with van der Waals surface area (Å²) in [7, 11) is 3.65. The minimum Gasteiger partial charge on any atom is -0.458 e. The number of fused-ring (bicyclic) bond motifs is 2. The normalized spacial score (nSPS) is 51.3. The third-order valence-electron chi connectivity index (χ3n) is 11.7. The van der Waals surface area contributed by atoms with E-state index in [1.807, 2.05) is 37.4 Å². The van der Waals surface area contributed by atoms with Crippen molar-refractivity contribution in [1.29, 1.82) is 0 Å². The van der Waals surface area contributed by atoms with E-state index in [1.54, 1.807) is 7.11 Å². The molecular weight excluding hydrogens is 442 g/mol. The second-order valence-electron chi connectivity index (χ2n) is 12.3. The third-order valence-corrected chi connectivity index (χ3v) is 11.7. The molecule has 35 heavy (non-hydrogen) atoms. The maximum Gasteiger partial charge on any atom is 0.338 e.